The Labute approximate surface area is 344 Å². The third-order valence-corrected chi connectivity index (χ3v) is 14.3. The van der Waals surface area contributed by atoms with Gasteiger partial charge in [-0.15, -0.1) is 22.7 Å². The molecule has 0 aliphatic carbocycles. The summed E-state index contributed by atoms with van der Waals surface area (Å²) in [5.41, 5.74) is 9.65. The lowest BCUT2D eigenvalue weighted by atomic mass is 9.84. The molecule has 0 aliphatic rings. The summed E-state index contributed by atoms with van der Waals surface area (Å²) in [4.78, 5) is 1.27. The van der Waals surface area contributed by atoms with Crippen LogP contribution in [0, 0.1) is 0 Å². The molecule has 0 unspecified atom stereocenters. The van der Waals surface area contributed by atoms with Gasteiger partial charge in [0.2, 0.25) is 0 Å². The molecule has 0 bridgehead atoms. The third kappa shape index (κ3) is 5.19. The van der Waals surface area contributed by atoms with Gasteiger partial charge in [0.15, 0.2) is 0 Å². The average molecular weight is 771 g/mol. The van der Waals surface area contributed by atoms with Crippen LogP contribution in [0.1, 0.15) is 11.1 Å². The van der Waals surface area contributed by atoms with E-state index in [0.717, 1.165) is 11.1 Å². The van der Waals surface area contributed by atoms with Crippen molar-refractivity contribution in [2.24, 2.45) is 0 Å². The molecule has 58 heavy (non-hydrogen) atoms. The van der Waals surface area contributed by atoms with Gasteiger partial charge in [0.05, 0.1) is 0 Å². The minimum absolute atomic E-state index is 1.04. The predicted octanol–water partition coefficient (Wildman–Crippen LogP) is 16.9. The van der Waals surface area contributed by atoms with E-state index in [0.29, 0.717) is 0 Å². The smallest absolute Gasteiger partial charge is 0.0362 e. The first kappa shape index (κ1) is 33.3. The lowest BCUT2D eigenvalue weighted by Gasteiger charge is -2.19. The molecule has 2 heteroatoms. The van der Waals surface area contributed by atoms with Crippen molar-refractivity contribution in [1.29, 1.82) is 0 Å². The normalized spacial score (nSPS) is 11.9. The molecule has 0 aliphatic heterocycles. The van der Waals surface area contributed by atoms with E-state index in [-0.39, 0.29) is 0 Å². The average Bonchev–Trinajstić information content (AvgIpc) is 3.88. The van der Waals surface area contributed by atoms with E-state index in [1.807, 2.05) is 22.7 Å². The van der Waals surface area contributed by atoms with Crippen molar-refractivity contribution in [2.45, 2.75) is 0 Å². The Hall–Kier alpha value is -6.84. The van der Waals surface area contributed by atoms with E-state index < -0.39 is 0 Å². The Kier molecular flexibility index (Phi) is 7.53. The van der Waals surface area contributed by atoms with Gasteiger partial charge in [-0.1, -0.05) is 158 Å². The van der Waals surface area contributed by atoms with Crippen LogP contribution in [-0.4, -0.2) is 0 Å². The van der Waals surface area contributed by atoms with Crippen LogP contribution in [0.15, 0.2) is 201 Å². The molecule has 0 saturated heterocycles. The minimum atomic E-state index is 1.04. The zero-order valence-corrected chi connectivity index (χ0v) is 33.1. The summed E-state index contributed by atoms with van der Waals surface area (Å²) in [5.74, 6) is 0. The molecule has 0 nitrogen and oxygen atoms in total. The minimum Gasteiger partial charge on any atom is -0.135 e. The van der Waals surface area contributed by atoms with Gasteiger partial charge in [-0.05, 0) is 130 Å². The van der Waals surface area contributed by atoms with Crippen LogP contribution in [0.25, 0.3) is 112 Å². The van der Waals surface area contributed by atoms with Gasteiger partial charge < -0.3 is 0 Å². The number of fused-ring (bicyclic) bond motifs is 8. The molecule has 12 rings (SSSR count). The van der Waals surface area contributed by atoms with Crippen LogP contribution in [0.4, 0.5) is 0 Å². The molecule has 0 radical (unpaired) electrons. The van der Waals surface area contributed by atoms with Gasteiger partial charge in [0, 0.05) is 35.3 Å². The molecule has 12 aromatic rings. The molecule has 0 spiro atoms. The van der Waals surface area contributed by atoms with Gasteiger partial charge in [0.25, 0.3) is 0 Å². The second-order valence-electron chi connectivity index (χ2n) is 15.3. The molecule has 270 valence electrons. The summed E-state index contributed by atoms with van der Waals surface area (Å²) < 4.78 is 3.92. The van der Waals surface area contributed by atoms with E-state index in [9.17, 15) is 0 Å². The molecule has 2 heterocycles. The summed E-state index contributed by atoms with van der Waals surface area (Å²) in [7, 11) is 0. The maximum absolute atomic E-state index is 4.81. The van der Waals surface area contributed by atoms with Crippen LogP contribution in [0.2, 0.25) is 0 Å². The molecule has 0 atom stereocenters. The molecule has 0 fully saturated rings. The Balaban J connectivity index is 1.01. The highest BCUT2D eigenvalue weighted by molar-refractivity contribution is 7.26. The summed E-state index contributed by atoms with van der Waals surface area (Å²) in [6, 6.07) is 71.7. The first-order valence-corrected chi connectivity index (χ1v) is 21.4. The van der Waals surface area contributed by atoms with Crippen LogP contribution in [0.3, 0.4) is 0 Å². The number of hydrogen-bond donors (Lipinski definition) is 0. The van der Waals surface area contributed by atoms with Crippen LogP contribution in [0.5, 0.6) is 0 Å². The SMILES string of the molecule is C=C(c1ccc2cc(-c3c4ccccc4c(-c4cccc5ccccc45)c4ccccc34)ccc2c1)c1cc2c(cc1-c1cc3ccccc3s1)sc1ccccc12. The lowest BCUT2D eigenvalue weighted by molar-refractivity contribution is 1.61. The molecule has 10 aromatic carbocycles. The highest BCUT2D eigenvalue weighted by atomic mass is 32.1. The Morgan fingerprint density at radius 2 is 0.948 bits per heavy atom. The van der Waals surface area contributed by atoms with Crippen molar-refractivity contribution >= 4 is 102 Å². The van der Waals surface area contributed by atoms with Crippen molar-refractivity contribution in [2.75, 3.05) is 0 Å². The highest BCUT2D eigenvalue weighted by Crippen LogP contribution is 2.47. The zero-order chi connectivity index (χ0) is 38.3. The molecule has 0 amide bonds. The fraction of sp³-hybridized carbons (Fsp3) is 0. The van der Waals surface area contributed by atoms with Crippen molar-refractivity contribution in [3.05, 3.63) is 212 Å². The van der Waals surface area contributed by atoms with E-state index >= 15 is 0 Å². The van der Waals surface area contributed by atoms with Crippen molar-refractivity contribution in [3.8, 4) is 32.7 Å². The van der Waals surface area contributed by atoms with Crippen molar-refractivity contribution in [1.82, 2.24) is 0 Å². The summed E-state index contributed by atoms with van der Waals surface area (Å²) >= 11 is 3.73. The molecule has 0 N–H and O–H groups in total. The van der Waals surface area contributed by atoms with Crippen LogP contribution >= 0.6 is 22.7 Å². The second kappa shape index (κ2) is 13.1. The van der Waals surface area contributed by atoms with Crippen LogP contribution < -0.4 is 0 Å². The standard InChI is InChI=1S/C56H34S2/c1-34(48-32-49-42-17-9-11-24-52(42)58-54(49)33-50(48)53-31-39-14-3-10-23-51(39)57-53)36-25-26-38-30-40(28-27-37(38)29-36)55-44-18-5-7-20-46(44)56(47-21-8-6-19-45(47)55)43-22-12-15-35-13-2-4-16-41(35)43/h2-33H,1H2. The van der Waals surface area contributed by atoms with Crippen molar-refractivity contribution < 1.29 is 0 Å². The Morgan fingerprint density at radius 1 is 0.345 bits per heavy atom. The van der Waals surface area contributed by atoms with E-state index in [1.54, 1.807) is 0 Å². The maximum atomic E-state index is 4.81. The van der Waals surface area contributed by atoms with E-state index in [4.69, 9.17) is 6.58 Å². The number of thiophene rings is 2. The van der Waals surface area contributed by atoms with Gasteiger partial charge in [-0.3, -0.25) is 0 Å². The summed E-state index contributed by atoms with van der Waals surface area (Å²) in [6.07, 6.45) is 0. The van der Waals surface area contributed by atoms with Crippen LogP contribution in [-0.2, 0) is 0 Å². The molecule has 0 saturated carbocycles. The molecular formula is C56H34S2. The van der Waals surface area contributed by atoms with Gasteiger partial charge in [0.1, 0.15) is 0 Å². The maximum Gasteiger partial charge on any atom is 0.0362 e. The zero-order valence-electron chi connectivity index (χ0n) is 31.5. The van der Waals surface area contributed by atoms with Crippen molar-refractivity contribution in [3.63, 3.8) is 0 Å². The van der Waals surface area contributed by atoms with E-state index in [1.165, 1.54) is 112 Å². The Morgan fingerprint density at radius 3 is 1.71 bits per heavy atom. The fourth-order valence-corrected chi connectivity index (χ4v) is 11.5. The van der Waals surface area contributed by atoms with Gasteiger partial charge in [-0.25, -0.2) is 0 Å². The van der Waals surface area contributed by atoms with Gasteiger partial charge >= 0.3 is 0 Å². The summed E-state index contributed by atoms with van der Waals surface area (Å²) in [5, 5.41) is 13.9. The first-order valence-electron chi connectivity index (χ1n) is 19.8. The quantitative estimate of drug-likeness (QED) is 0.153. The fourth-order valence-electron chi connectivity index (χ4n) is 9.26. The number of rotatable bonds is 5. The topological polar surface area (TPSA) is 0 Å². The predicted molar refractivity (Wildman–Crippen MR) is 256 cm³/mol. The second-order valence-corrected chi connectivity index (χ2v) is 17.4. The monoisotopic (exact) mass is 770 g/mol. The molecule has 2 aromatic heterocycles. The first-order chi connectivity index (χ1) is 28.7. The number of hydrogen-bond acceptors (Lipinski definition) is 2. The van der Waals surface area contributed by atoms with E-state index in [2.05, 4.69) is 194 Å². The third-order valence-electron chi connectivity index (χ3n) is 12.0. The summed E-state index contributed by atoms with van der Waals surface area (Å²) in [6.45, 7) is 4.81. The Bertz CT molecular complexity index is 3560. The van der Waals surface area contributed by atoms with Gasteiger partial charge in [-0.2, -0.15) is 0 Å². The highest BCUT2D eigenvalue weighted by Gasteiger charge is 2.20. The number of benzene rings is 10. The molecular weight excluding hydrogens is 737 g/mol. The largest absolute Gasteiger partial charge is 0.135 e. The lowest BCUT2D eigenvalue weighted by Crippen LogP contribution is -1.92.